The van der Waals surface area contributed by atoms with E-state index in [1.54, 1.807) is 17.9 Å². The fraction of sp³-hybridized carbons (Fsp3) is 0.300. The molecule has 24 heavy (non-hydrogen) atoms. The Morgan fingerprint density at radius 1 is 1.12 bits per heavy atom. The molecule has 4 heteroatoms. The molecule has 0 spiro atoms. The number of carbonyl (C=O) groups excluding carboxylic acids is 2. The van der Waals surface area contributed by atoms with Crippen molar-refractivity contribution in [2.24, 2.45) is 0 Å². The summed E-state index contributed by atoms with van der Waals surface area (Å²) >= 11 is 0. The van der Waals surface area contributed by atoms with Gasteiger partial charge in [0, 0.05) is 17.8 Å². The van der Waals surface area contributed by atoms with Crippen LogP contribution >= 0.6 is 0 Å². The van der Waals surface area contributed by atoms with Crippen molar-refractivity contribution in [1.82, 2.24) is 5.32 Å². The van der Waals surface area contributed by atoms with E-state index in [1.807, 2.05) is 43.3 Å². The van der Waals surface area contributed by atoms with Crippen molar-refractivity contribution in [2.75, 3.05) is 11.4 Å². The summed E-state index contributed by atoms with van der Waals surface area (Å²) in [5, 5.41) is 2.82. The van der Waals surface area contributed by atoms with E-state index in [-0.39, 0.29) is 11.8 Å². The number of aryl methyl sites for hydroxylation is 2. The first-order chi connectivity index (χ1) is 11.6. The molecule has 2 aromatic rings. The summed E-state index contributed by atoms with van der Waals surface area (Å²) in [5.74, 6) is -0.284. The number of hydrogen-bond acceptors (Lipinski definition) is 2. The third kappa shape index (κ3) is 3.32. The molecule has 2 aromatic carbocycles. The minimum absolute atomic E-state index is 0.0665. The molecule has 0 aromatic heterocycles. The minimum Gasteiger partial charge on any atom is -0.341 e. The van der Waals surface area contributed by atoms with Crippen molar-refractivity contribution < 1.29 is 9.59 Å². The van der Waals surface area contributed by atoms with Crippen LogP contribution in [0, 0.1) is 6.92 Å². The molecule has 1 heterocycles. The number of nitrogens with one attached hydrogen (secondary N) is 1. The van der Waals surface area contributed by atoms with E-state index < -0.39 is 6.04 Å². The van der Waals surface area contributed by atoms with Gasteiger partial charge in [-0.1, -0.05) is 35.9 Å². The Hall–Kier alpha value is -2.62. The fourth-order valence-electron chi connectivity index (χ4n) is 3.12. The van der Waals surface area contributed by atoms with Crippen LogP contribution in [-0.2, 0) is 11.2 Å². The van der Waals surface area contributed by atoms with Crippen LogP contribution in [-0.4, -0.2) is 24.4 Å². The summed E-state index contributed by atoms with van der Waals surface area (Å²) in [6.45, 7) is 4.38. The van der Waals surface area contributed by atoms with E-state index in [4.69, 9.17) is 0 Å². The van der Waals surface area contributed by atoms with Gasteiger partial charge in [0.2, 0.25) is 5.91 Å². The van der Waals surface area contributed by atoms with Crippen LogP contribution in [0.5, 0.6) is 0 Å². The lowest BCUT2D eigenvalue weighted by Crippen LogP contribution is -2.48. The molecule has 1 aliphatic heterocycles. The summed E-state index contributed by atoms with van der Waals surface area (Å²) in [5.41, 5.74) is 3.75. The van der Waals surface area contributed by atoms with E-state index in [0.717, 1.165) is 24.1 Å². The molecular formula is C20H22N2O2. The Morgan fingerprint density at radius 3 is 2.71 bits per heavy atom. The first-order valence-electron chi connectivity index (χ1n) is 8.33. The first-order valence-corrected chi connectivity index (χ1v) is 8.33. The number of para-hydroxylation sites is 1. The highest BCUT2D eigenvalue weighted by atomic mass is 16.2. The molecule has 1 aliphatic rings. The molecule has 0 bridgehead atoms. The van der Waals surface area contributed by atoms with E-state index >= 15 is 0 Å². The number of carbonyl (C=O) groups is 2. The van der Waals surface area contributed by atoms with Crippen molar-refractivity contribution in [3.63, 3.8) is 0 Å². The Balaban J connectivity index is 1.73. The van der Waals surface area contributed by atoms with Gasteiger partial charge in [0.05, 0.1) is 0 Å². The molecule has 0 unspecified atom stereocenters. The van der Waals surface area contributed by atoms with Crippen LogP contribution in [0.25, 0.3) is 0 Å². The van der Waals surface area contributed by atoms with Crippen molar-refractivity contribution in [2.45, 2.75) is 32.7 Å². The van der Waals surface area contributed by atoms with Gasteiger partial charge in [0.1, 0.15) is 6.04 Å². The second-order valence-corrected chi connectivity index (χ2v) is 6.29. The van der Waals surface area contributed by atoms with Gasteiger partial charge in [-0.15, -0.1) is 0 Å². The smallest absolute Gasteiger partial charge is 0.251 e. The third-order valence-electron chi connectivity index (χ3n) is 4.37. The maximum atomic E-state index is 12.8. The van der Waals surface area contributed by atoms with E-state index in [2.05, 4.69) is 11.4 Å². The van der Waals surface area contributed by atoms with Crippen molar-refractivity contribution in [3.8, 4) is 0 Å². The quantitative estimate of drug-likeness (QED) is 0.944. The maximum absolute atomic E-state index is 12.8. The van der Waals surface area contributed by atoms with Crippen molar-refractivity contribution in [3.05, 3.63) is 65.2 Å². The first kappa shape index (κ1) is 16.2. The van der Waals surface area contributed by atoms with Gasteiger partial charge in [-0.3, -0.25) is 9.59 Å². The number of hydrogen-bond donors (Lipinski definition) is 1. The predicted molar refractivity (Wildman–Crippen MR) is 95.2 cm³/mol. The van der Waals surface area contributed by atoms with Gasteiger partial charge in [0.15, 0.2) is 0 Å². The molecule has 3 rings (SSSR count). The molecule has 0 saturated carbocycles. The second-order valence-electron chi connectivity index (χ2n) is 6.29. The molecule has 0 fully saturated rings. The van der Waals surface area contributed by atoms with Crippen LogP contribution in [0.1, 0.15) is 34.8 Å². The minimum atomic E-state index is -0.566. The van der Waals surface area contributed by atoms with Crippen LogP contribution in [0.3, 0.4) is 0 Å². The maximum Gasteiger partial charge on any atom is 0.251 e. The number of amides is 2. The number of anilines is 1. The molecule has 1 atom stereocenters. The van der Waals surface area contributed by atoms with Gasteiger partial charge in [0.25, 0.3) is 5.91 Å². The number of nitrogens with zero attached hydrogens (tertiary/aromatic N) is 1. The lowest BCUT2D eigenvalue weighted by Gasteiger charge is -2.31. The highest BCUT2D eigenvalue weighted by Crippen LogP contribution is 2.27. The van der Waals surface area contributed by atoms with E-state index in [9.17, 15) is 9.59 Å². The summed E-state index contributed by atoms with van der Waals surface area (Å²) < 4.78 is 0. The lowest BCUT2D eigenvalue weighted by atomic mass is 10.0. The third-order valence-corrected chi connectivity index (χ3v) is 4.37. The fourth-order valence-corrected chi connectivity index (χ4v) is 3.12. The van der Waals surface area contributed by atoms with Crippen LogP contribution < -0.4 is 10.2 Å². The van der Waals surface area contributed by atoms with Gasteiger partial charge < -0.3 is 10.2 Å². The zero-order chi connectivity index (χ0) is 17.1. The Bertz CT molecular complexity index is 770. The Morgan fingerprint density at radius 2 is 1.92 bits per heavy atom. The SMILES string of the molecule is Cc1cccc(C(=O)N[C@@H](C)C(=O)N2CCCc3ccccc32)c1. The molecule has 2 amide bonds. The summed E-state index contributed by atoms with van der Waals surface area (Å²) in [4.78, 5) is 27.0. The van der Waals surface area contributed by atoms with E-state index in [1.165, 1.54) is 5.56 Å². The average molecular weight is 322 g/mol. The summed E-state index contributed by atoms with van der Waals surface area (Å²) in [6, 6.07) is 14.8. The topological polar surface area (TPSA) is 49.4 Å². The van der Waals surface area contributed by atoms with Gasteiger partial charge in [-0.2, -0.15) is 0 Å². The molecule has 1 N–H and O–H groups in total. The second kappa shape index (κ2) is 6.87. The standard InChI is InChI=1S/C20H22N2O2/c1-14-7-5-9-17(13-14)19(23)21-15(2)20(24)22-12-6-10-16-8-3-4-11-18(16)22/h3-5,7-9,11,13,15H,6,10,12H2,1-2H3,(H,21,23)/t15-/m0/s1. The monoisotopic (exact) mass is 322 g/mol. The van der Waals surface area contributed by atoms with Gasteiger partial charge in [-0.25, -0.2) is 0 Å². The molecular weight excluding hydrogens is 300 g/mol. The zero-order valence-electron chi connectivity index (χ0n) is 14.1. The largest absolute Gasteiger partial charge is 0.341 e. The van der Waals surface area contributed by atoms with Crippen LogP contribution in [0.15, 0.2) is 48.5 Å². The molecule has 0 aliphatic carbocycles. The highest BCUT2D eigenvalue weighted by Gasteiger charge is 2.27. The zero-order valence-corrected chi connectivity index (χ0v) is 14.1. The van der Waals surface area contributed by atoms with Gasteiger partial charge in [-0.05, 0) is 50.5 Å². The Labute approximate surface area is 142 Å². The number of fused-ring (bicyclic) bond motifs is 1. The highest BCUT2D eigenvalue weighted by molar-refractivity contribution is 6.02. The van der Waals surface area contributed by atoms with Crippen molar-refractivity contribution >= 4 is 17.5 Å². The summed E-state index contributed by atoms with van der Waals surface area (Å²) in [7, 11) is 0. The van der Waals surface area contributed by atoms with E-state index in [0.29, 0.717) is 12.1 Å². The Kier molecular flexibility index (Phi) is 4.65. The lowest BCUT2D eigenvalue weighted by molar-refractivity contribution is -0.120. The average Bonchev–Trinajstić information content (AvgIpc) is 2.60. The molecule has 0 radical (unpaired) electrons. The molecule has 4 nitrogen and oxygen atoms in total. The number of rotatable bonds is 3. The number of benzene rings is 2. The van der Waals surface area contributed by atoms with Crippen LogP contribution in [0.2, 0.25) is 0 Å². The van der Waals surface area contributed by atoms with Gasteiger partial charge >= 0.3 is 0 Å². The normalized spacial score (nSPS) is 14.7. The summed E-state index contributed by atoms with van der Waals surface area (Å²) in [6.07, 6.45) is 1.94. The van der Waals surface area contributed by atoms with Crippen LogP contribution in [0.4, 0.5) is 5.69 Å². The van der Waals surface area contributed by atoms with Crippen molar-refractivity contribution in [1.29, 1.82) is 0 Å². The molecule has 124 valence electrons. The predicted octanol–water partition coefficient (Wildman–Crippen LogP) is 3.09. The molecule has 0 saturated heterocycles.